The summed E-state index contributed by atoms with van der Waals surface area (Å²) in [5.41, 5.74) is 2.18. The second-order valence-electron chi connectivity index (χ2n) is 6.95. The molecule has 30 heavy (non-hydrogen) atoms. The largest absolute Gasteiger partial charge is 0.478 e. The molecule has 0 radical (unpaired) electrons. The first-order valence-electron chi connectivity index (χ1n) is 9.75. The fourth-order valence-corrected chi connectivity index (χ4v) is 2.73. The van der Waals surface area contributed by atoms with Crippen LogP contribution in [0.2, 0.25) is 5.02 Å². The molecular formula is C23H27ClFN3O2. The van der Waals surface area contributed by atoms with Gasteiger partial charge in [-0.3, -0.25) is 4.79 Å². The molecule has 0 saturated heterocycles. The Balaban J connectivity index is 1.97. The Morgan fingerprint density at radius 1 is 1.27 bits per heavy atom. The van der Waals surface area contributed by atoms with E-state index in [4.69, 9.17) is 16.3 Å². The number of carbonyl (C=O) groups is 1. The predicted molar refractivity (Wildman–Crippen MR) is 119 cm³/mol. The number of ether oxygens (including phenoxy) is 1. The van der Waals surface area contributed by atoms with E-state index in [1.807, 2.05) is 19.1 Å². The van der Waals surface area contributed by atoms with Crippen LogP contribution in [0.1, 0.15) is 37.5 Å². The van der Waals surface area contributed by atoms with Gasteiger partial charge in [0.15, 0.2) is 0 Å². The van der Waals surface area contributed by atoms with Gasteiger partial charge in [0.05, 0.1) is 6.61 Å². The van der Waals surface area contributed by atoms with Crippen molar-refractivity contribution < 1.29 is 13.9 Å². The maximum Gasteiger partial charge on any atom is 0.222 e. The van der Waals surface area contributed by atoms with Crippen LogP contribution in [0.5, 0.6) is 5.88 Å². The van der Waals surface area contributed by atoms with Gasteiger partial charge in [0.1, 0.15) is 5.82 Å². The quantitative estimate of drug-likeness (QED) is 0.527. The lowest BCUT2D eigenvalue weighted by molar-refractivity contribution is -0.124. The normalized spacial score (nSPS) is 11.0. The zero-order valence-corrected chi connectivity index (χ0v) is 18.2. The van der Waals surface area contributed by atoms with Gasteiger partial charge in [0.2, 0.25) is 11.8 Å². The minimum atomic E-state index is -0.438. The molecule has 2 rings (SSSR count). The third kappa shape index (κ3) is 6.88. The highest BCUT2D eigenvalue weighted by molar-refractivity contribution is 6.31. The lowest BCUT2D eigenvalue weighted by atomic mass is 10.1. The Morgan fingerprint density at radius 2 is 2.03 bits per heavy atom. The number of allylic oxidation sites excluding steroid dienone is 1. The summed E-state index contributed by atoms with van der Waals surface area (Å²) in [7, 11) is 0. The number of hydrogen-bond donors (Lipinski definition) is 2. The SMILES string of the molecule is C=C(/C=C/c1ccc(OCC)nc1)NCc1c(Cl)ccc(CNC(=O)C(C)C)c1F. The molecule has 1 heterocycles. The number of nitrogens with one attached hydrogen (secondary N) is 2. The number of carbonyl (C=O) groups excluding carboxylic acids is 1. The van der Waals surface area contributed by atoms with Crippen molar-refractivity contribution >= 4 is 23.6 Å². The van der Waals surface area contributed by atoms with E-state index in [0.717, 1.165) is 5.56 Å². The summed E-state index contributed by atoms with van der Waals surface area (Å²) in [5, 5.41) is 6.08. The average Bonchev–Trinajstić information content (AvgIpc) is 2.72. The van der Waals surface area contributed by atoms with Gasteiger partial charge in [0.25, 0.3) is 0 Å². The van der Waals surface area contributed by atoms with Crippen LogP contribution in [0.4, 0.5) is 4.39 Å². The smallest absolute Gasteiger partial charge is 0.222 e. The fraction of sp³-hybridized carbons (Fsp3) is 0.304. The van der Waals surface area contributed by atoms with E-state index in [1.165, 1.54) is 0 Å². The predicted octanol–water partition coefficient (Wildman–Crippen LogP) is 4.86. The summed E-state index contributed by atoms with van der Waals surface area (Å²) >= 11 is 6.18. The summed E-state index contributed by atoms with van der Waals surface area (Å²) in [5.74, 6) is -0.166. The molecule has 1 aromatic heterocycles. The number of aromatic nitrogens is 1. The van der Waals surface area contributed by atoms with E-state index >= 15 is 0 Å². The standard InChI is InChI=1S/C23H27ClFN3O2/c1-5-30-21-11-8-17(12-27-21)7-6-16(4)26-14-19-20(24)10-9-18(22(19)25)13-28-23(29)15(2)3/h6-12,15,26H,4-5,13-14H2,1-3H3,(H,28,29)/b7-6+. The Kier molecular flexibility index (Phi) is 8.87. The molecule has 2 N–H and O–H groups in total. The Labute approximate surface area is 182 Å². The fourth-order valence-electron chi connectivity index (χ4n) is 2.51. The lowest BCUT2D eigenvalue weighted by Gasteiger charge is -2.13. The van der Waals surface area contributed by atoms with Crippen molar-refractivity contribution in [2.24, 2.45) is 5.92 Å². The van der Waals surface area contributed by atoms with Gasteiger partial charge in [-0.15, -0.1) is 0 Å². The number of amides is 1. The van der Waals surface area contributed by atoms with Crippen LogP contribution in [-0.2, 0) is 17.9 Å². The maximum absolute atomic E-state index is 14.8. The van der Waals surface area contributed by atoms with Crippen molar-refractivity contribution in [3.63, 3.8) is 0 Å². The molecule has 7 heteroatoms. The van der Waals surface area contributed by atoms with E-state index in [2.05, 4.69) is 22.2 Å². The third-order valence-corrected chi connectivity index (χ3v) is 4.62. The second kappa shape index (κ2) is 11.4. The minimum Gasteiger partial charge on any atom is -0.478 e. The van der Waals surface area contributed by atoms with E-state index in [9.17, 15) is 9.18 Å². The molecule has 0 spiro atoms. The first-order valence-corrected chi connectivity index (χ1v) is 10.1. The number of rotatable bonds is 10. The Bertz CT molecular complexity index is 911. The molecule has 0 fully saturated rings. The van der Waals surface area contributed by atoms with Crippen LogP contribution < -0.4 is 15.4 Å². The van der Waals surface area contributed by atoms with Gasteiger partial charge in [-0.2, -0.15) is 0 Å². The molecule has 2 aromatic rings. The van der Waals surface area contributed by atoms with Crippen molar-refractivity contribution in [3.05, 3.63) is 76.3 Å². The molecule has 0 saturated carbocycles. The molecule has 0 atom stereocenters. The van der Waals surface area contributed by atoms with Crippen LogP contribution in [0.15, 0.2) is 48.8 Å². The zero-order valence-electron chi connectivity index (χ0n) is 17.5. The van der Waals surface area contributed by atoms with E-state index in [1.54, 1.807) is 44.3 Å². The van der Waals surface area contributed by atoms with Gasteiger partial charge >= 0.3 is 0 Å². The minimum absolute atomic E-state index is 0.110. The molecule has 160 valence electrons. The summed E-state index contributed by atoms with van der Waals surface area (Å²) < 4.78 is 20.2. The Hall–Kier alpha value is -2.86. The number of benzene rings is 1. The van der Waals surface area contributed by atoms with Gasteiger partial charge in [-0.05, 0) is 30.7 Å². The van der Waals surface area contributed by atoms with Gasteiger partial charge in [-0.25, -0.2) is 9.37 Å². The van der Waals surface area contributed by atoms with Gasteiger partial charge in [0, 0.05) is 53.1 Å². The topological polar surface area (TPSA) is 63.2 Å². The highest BCUT2D eigenvalue weighted by Gasteiger charge is 2.14. The zero-order chi connectivity index (χ0) is 22.1. The maximum atomic E-state index is 14.8. The molecule has 0 aliphatic heterocycles. The van der Waals surface area contributed by atoms with Gasteiger partial charge in [-0.1, -0.05) is 44.2 Å². The number of halogens is 2. The van der Waals surface area contributed by atoms with E-state index in [-0.39, 0.29) is 24.9 Å². The number of hydrogen-bond acceptors (Lipinski definition) is 4. The summed E-state index contributed by atoms with van der Waals surface area (Å²) in [4.78, 5) is 15.9. The highest BCUT2D eigenvalue weighted by atomic mass is 35.5. The summed E-state index contributed by atoms with van der Waals surface area (Å²) in [6, 6.07) is 6.88. The average molecular weight is 432 g/mol. The lowest BCUT2D eigenvalue weighted by Crippen LogP contribution is -2.27. The second-order valence-corrected chi connectivity index (χ2v) is 7.35. The van der Waals surface area contributed by atoms with Crippen molar-refractivity contribution in [1.29, 1.82) is 0 Å². The monoisotopic (exact) mass is 431 g/mol. The molecule has 1 amide bonds. The molecule has 0 bridgehead atoms. The summed E-state index contributed by atoms with van der Waals surface area (Å²) in [6.07, 6.45) is 5.31. The van der Waals surface area contributed by atoms with Crippen LogP contribution in [-0.4, -0.2) is 17.5 Å². The van der Waals surface area contributed by atoms with Crippen molar-refractivity contribution in [2.75, 3.05) is 6.61 Å². The number of pyridine rings is 1. The third-order valence-electron chi connectivity index (χ3n) is 4.26. The van der Waals surface area contributed by atoms with Crippen LogP contribution >= 0.6 is 11.6 Å². The van der Waals surface area contributed by atoms with Crippen molar-refractivity contribution in [2.45, 2.75) is 33.9 Å². The van der Waals surface area contributed by atoms with Crippen molar-refractivity contribution in [3.8, 4) is 5.88 Å². The van der Waals surface area contributed by atoms with E-state index < -0.39 is 5.82 Å². The summed E-state index contributed by atoms with van der Waals surface area (Å²) in [6.45, 7) is 10.2. The molecule has 5 nitrogen and oxygen atoms in total. The van der Waals surface area contributed by atoms with Crippen LogP contribution in [0.25, 0.3) is 6.08 Å². The van der Waals surface area contributed by atoms with Crippen molar-refractivity contribution in [1.82, 2.24) is 15.6 Å². The van der Waals surface area contributed by atoms with Gasteiger partial charge < -0.3 is 15.4 Å². The molecular weight excluding hydrogens is 405 g/mol. The molecule has 1 aromatic carbocycles. The van der Waals surface area contributed by atoms with Crippen LogP contribution in [0.3, 0.4) is 0 Å². The first-order chi connectivity index (χ1) is 14.3. The molecule has 0 unspecified atom stereocenters. The van der Waals surface area contributed by atoms with Crippen LogP contribution in [0, 0.1) is 11.7 Å². The van der Waals surface area contributed by atoms with E-state index in [0.29, 0.717) is 34.3 Å². The highest BCUT2D eigenvalue weighted by Crippen LogP contribution is 2.23. The molecule has 0 aliphatic carbocycles. The Morgan fingerprint density at radius 3 is 2.67 bits per heavy atom. The molecule has 0 aliphatic rings. The number of nitrogens with zero attached hydrogens (tertiary/aromatic N) is 1. The first kappa shape index (κ1) is 23.4.